The highest BCUT2D eigenvalue weighted by molar-refractivity contribution is 7.14. The maximum absolute atomic E-state index is 13.1. The molecule has 0 unspecified atom stereocenters. The summed E-state index contributed by atoms with van der Waals surface area (Å²) in [6.45, 7) is 3.69. The first-order valence-corrected chi connectivity index (χ1v) is 9.61. The zero-order chi connectivity index (χ0) is 17.6. The number of thiophene rings is 2. The summed E-state index contributed by atoms with van der Waals surface area (Å²) in [6, 6.07) is 13.8. The van der Waals surface area contributed by atoms with Gasteiger partial charge in [-0.2, -0.15) is 0 Å². The molecule has 3 rings (SSSR count). The number of ether oxygens (including phenoxy) is 1. The zero-order valence-corrected chi connectivity index (χ0v) is 15.9. The number of rotatable bonds is 7. The van der Waals surface area contributed by atoms with Crippen LogP contribution in [-0.2, 0) is 24.4 Å². The molecular weight excluding hydrogens is 352 g/mol. The maximum atomic E-state index is 13.1. The van der Waals surface area contributed by atoms with Gasteiger partial charge in [0, 0.05) is 27.9 Å². The van der Waals surface area contributed by atoms with Crippen LogP contribution in [0.4, 0.5) is 0 Å². The van der Waals surface area contributed by atoms with E-state index in [1.165, 1.54) is 21.1 Å². The summed E-state index contributed by atoms with van der Waals surface area (Å²) in [5.41, 5.74) is 0.887. The molecule has 0 radical (unpaired) electrons. The Morgan fingerprint density at radius 2 is 1.92 bits per heavy atom. The maximum Gasteiger partial charge on any atom is 0.264 e. The van der Waals surface area contributed by atoms with Crippen LogP contribution in [0.3, 0.4) is 0 Å². The first-order valence-electron chi connectivity index (χ1n) is 7.98. The van der Waals surface area contributed by atoms with Crippen LogP contribution in [0.5, 0.6) is 0 Å². The summed E-state index contributed by atoms with van der Waals surface area (Å²) in [5.74, 6) is 0.0315. The number of carbonyl (C=O) groups excluding carboxylic acids is 1. The van der Waals surface area contributed by atoms with Crippen molar-refractivity contribution in [2.45, 2.75) is 26.6 Å². The average molecular weight is 373 g/mol. The van der Waals surface area contributed by atoms with Crippen LogP contribution in [0.2, 0.25) is 0 Å². The predicted molar refractivity (Wildman–Crippen MR) is 102 cm³/mol. The molecule has 4 nitrogen and oxygen atoms in total. The quantitative estimate of drug-likeness (QED) is 0.613. The number of hydrogen-bond acceptors (Lipinski definition) is 5. The Bertz CT molecular complexity index is 827. The first kappa shape index (κ1) is 17.8. The number of amides is 1. The monoisotopic (exact) mass is 372 g/mol. The van der Waals surface area contributed by atoms with Gasteiger partial charge in [0.25, 0.3) is 5.91 Å². The summed E-state index contributed by atoms with van der Waals surface area (Å²) in [4.78, 5) is 23.5. The highest BCUT2D eigenvalue weighted by atomic mass is 32.1. The molecule has 0 aliphatic carbocycles. The van der Waals surface area contributed by atoms with E-state index in [2.05, 4.69) is 24.0 Å². The van der Waals surface area contributed by atoms with E-state index in [4.69, 9.17) is 4.74 Å². The van der Waals surface area contributed by atoms with Gasteiger partial charge in [-0.25, -0.2) is 0 Å². The third kappa shape index (κ3) is 4.75. The smallest absolute Gasteiger partial charge is 0.264 e. The molecule has 0 N–H and O–H groups in total. The van der Waals surface area contributed by atoms with Crippen molar-refractivity contribution in [3.63, 3.8) is 0 Å². The summed E-state index contributed by atoms with van der Waals surface area (Å²) < 4.78 is 5.15. The molecule has 0 fully saturated rings. The summed E-state index contributed by atoms with van der Waals surface area (Å²) in [7, 11) is 1.66. The van der Waals surface area contributed by atoms with Crippen LogP contribution < -0.4 is 0 Å². The van der Waals surface area contributed by atoms with E-state index in [1.807, 2.05) is 35.2 Å². The first-order chi connectivity index (χ1) is 12.2. The van der Waals surface area contributed by atoms with Gasteiger partial charge in [0.15, 0.2) is 0 Å². The van der Waals surface area contributed by atoms with Gasteiger partial charge in [-0.05, 0) is 43.3 Å². The van der Waals surface area contributed by atoms with Crippen LogP contribution in [0, 0.1) is 6.92 Å². The van der Waals surface area contributed by atoms with Gasteiger partial charge in [-0.15, -0.1) is 22.7 Å². The van der Waals surface area contributed by atoms with Crippen LogP contribution in [0.15, 0.2) is 48.7 Å². The largest absolute Gasteiger partial charge is 0.379 e. The molecule has 3 aromatic heterocycles. The second-order valence-corrected chi connectivity index (χ2v) is 8.23. The van der Waals surface area contributed by atoms with E-state index >= 15 is 0 Å². The molecule has 0 atom stereocenters. The number of aromatic nitrogens is 1. The van der Waals surface area contributed by atoms with Crippen molar-refractivity contribution in [3.8, 4) is 0 Å². The Balaban J connectivity index is 1.82. The summed E-state index contributed by atoms with van der Waals surface area (Å²) in [6.07, 6.45) is 1.76. The Morgan fingerprint density at radius 3 is 2.60 bits per heavy atom. The molecule has 0 spiro atoms. The van der Waals surface area contributed by atoms with Crippen molar-refractivity contribution >= 4 is 28.6 Å². The van der Waals surface area contributed by atoms with Crippen LogP contribution >= 0.6 is 22.7 Å². The SMILES string of the molecule is COCc1ccc(C(=O)N(Cc2ccccn2)Cc2ccc(C)s2)s1. The second kappa shape index (κ2) is 8.38. The number of hydrogen-bond donors (Lipinski definition) is 0. The normalized spacial score (nSPS) is 10.8. The van der Waals surface area contributed by atoms with Gasteiger partial charge in [0.1, 0.15) is 0 Å². The number of carbonyl (C=O) groups is 1. The van der Waals surface area contributed by atoms with Gasteiger partial charge in [-0.3, -0.25) is 9.78 Å². The molecule has 0 saturated carbocycles. The molecule has 3 aromatic rings. The molecule has 0 aliphatic rings. The number of methoxy groups -OCH3 is 1. The van der Waals surface area contributed by atoms with Gasteiger partial charge in [0.05, 0.1) is 30.3 Å². The molecule has 0 aliphatic heterocycles. The van der Waals surface area contributed by atoms with E-state index in [9.17, 15) is 4.79 Å². The lowest BCUT2D eigenvalue weighted by Crippen LogP contribution is -2.29. The van der Waals surface area contributed by atoms with Crippen LogP contribution in [0.25, 0.3) is 0 Å². The predicted octanol–water partition coefficient (Wildman–Crippen LogP) is 4.50. The molecule has 0 bridgehead atoms. The van der Waals surface area contributed by atoms with Gasteiger partial charge in [0.2, 0.25) is 0 Å². The lowest BCUT2D eigenvalue weighted by Gasteiger charge is -2.21. The average Bonchev–Trinajstić information content (AvgIpc) is 3.24. The van der Waals surface area contributed by atoms with E-state index in [-0.39, 0.29) is 5.91 Å². The molecule has 130 valence electrons. The molecule has 1 amide bonds. The lowest BCUT2D eigenvalue weighted by atomic mass is 10.3. The van der Waals surface area contributed by atoms with E-state index in [0.717, 1.165) is 15.4 Å². The fourth-order valence-corrected chi connectivity index (χ4v) is 4.37. The second-order valence-electron chi connectivity index (χ2n) is 5.69. The summed E-state index contributed by atoms with van der Waals surface area (Å²) in [5, 5.41) is 0. The molecule has 6 heteroatoms. The Hall–Kier alpha value is -2.02. The molecule has 25 heavy (non-hydrogen) atoms. The third-order valence-electron chi connectivity index (χ3n) is 3.67. The number of aryl methyl sites for hydroxylation is 1. The van der Waals surface area contributed by atoms with Gasteiger partial charge >= 0.3 is 0 Å². The van der Waals surface area contributed by atoms with Crippen LogP contribution in [-0.4, -0.2) is 22.9 Å². The minimum atomic E-state index is 0.0315. The van der Waals surface area contributed by atoms with Gasteiger partial charge < -0.3 is 9.64 Å². The van der Waals surface area contributed by atoms with Crippen molar-refractivity contribution in [2.75, 3.05) is 7.11 Å². The third-order valence-corrected chi connectivity index (χ3v) is 5.70. The van der Waals surface area contributed by atoms with Crippen LogP contribution in [0.1, 0.15) is 30.0 Å². The van der Waals surface area contributed by atoms with Crippen molar-refractivity contribution in [1.82, 2.24) is 9.88 Å². The Labute approximate surface area is 155 Å². The van der Waals surface area contributed by atoms with E-state index < -0.39 is 0 Å². The van der Waals surface area contributed by atoms with Crippen molar-refractivity contribution < 1.29 is 9.53 Å². The highest BCUT2D eigenvalue weighted by Crippen LogP contribution is 2.23. The highest BCUT2D eigenvalue weighted by Gasteiger charge is 2.19. The Morgan fingerprint density at radius 1 is 1.08 bits per heavy atom. The lowest BCUT2D eigenvalue weighted by molar-refractivity contribution is 0.0734. The van der Waals surface area contributed by atoms with E-state index in [1.54, 1.807) is 24.6 Å². The minimum absolute atomic E-state index is 0.0315. The standard InChI is InChI=1S/C19H20N2O2S2/c1-14-6-7-16(24-14)12-21(11-15-5-3-4-10-20-15)19(22)18-9-8-17(25-18)13-23-2/h3-10H,11-13H2,1-2H3. The zero-order valence-electron chi connectivity index (χ0n) is 14.3. The van der Waals surface area contributed by atoms with Gasteiger partial charge in [-0.1, -0.05) is 6.07 Å². The minimum Gasteiger partial charge on any atom is -0.379 e. The summed E-state index contributed by atoms with van der Waals surface area (Å²) >= 11 is 3.21. The van der Waals surface area contributed by atoms with Crippen molar-refractivity contribution in [3.05, 3.63) is 73.9 Å². The topological polar surface area (TPSA) is 42.4 Å². The number of pyridine rings is 1. The molecule has 0 aromatic carbocycles. The Kier molecular flexibility index (Phi) is 5.96. The van der Waals surface area contributed by atoms with E-state index in [0.29, 0.717) is 19.7 Å². The molecule has 0 saturated heterocycles. The molecule has 3 heterocycles. The fourth-order valence-electron chi connectivity index (χ4n) is 2.51. The molecular formula is C19H20N2O2S2. The van der Waals surface area contributed by atoms with Crippen molar-refractivity contribution in [2.24, 2.45) is 0 Å². The number of nitrogens with zero attached hydrogens (tertiary/aromatic N) is 2. The van der Waals surface area contributed by atoms with Crippen molar-refractivity contribution in [1.29, 1.82) is 0 Å². The fraction of sp³-hybridized carbons (Fsp3) is 0.263.